The van der Waals surface area contributed by atoms with E-state index < -0.39 is 24.3 Å². The Morgan fingerprint density at radius 1 is 1.11 bits per heavy atom. The normalized spacial score (nSPS) is 16.9. The summed E-state index contributed by atoms with van der Waals surface area (Å²) in [7, 11) is -5.26. The number of aliphatic hydroxyl groups is 1. The zero-order chi connectivity index (χ0) is 21.4. The predicted molar refractivity (Wildman–Crippen MR) is 120 cm³/mol. The van der Waals surface area contributed by atoms with Crippen LogP contribution in [-0.4, -0.2) is 39.8 Å². The van der Waals surface area contributed by atoms with E-state index in [9.17, 15) is 13.5 Å². The lowest BCUT2D eigenvalue weighted by molar-refractivity contribution is 0.0113. The zero-order valence-electron chi connectivity index (χ0n) is 18.1. The molecule has 0 aliphatic heterocycles. The van der Waals surface area contributed by atoms with Crippen LogP contribution in [0.1, 0.15) is 41.0 Å². The van der Waals surface area contributed by atoms with E-state index in [-0.39, 0.29) is 30.1 Å². The summed E-state index contributed by atoms with van der Waals surface area (Å²) >= 11 is 0. The maximum Gasteiger partial charge on any atom is 0.192 e. The molecule has 4 nitrogen and oxygen atoms in total. The first-order valence-electron chi connectivity index (χ1n) is 10.4. The lowest BCUT2D eigenvalue weighted by atomic mass is 9.88. The van der Waals surface area contributed by atoms with Gasteiger partial charge in [0, 0.05) is 5.92 Å². The van der Waals surface area contributed by atoms with Crippen LogP contribution in [0.15, 0.2) is 47.9 Å². The Hall–Kier alpha value is -0.953. The van der Waals surface area contributed by atoms with Gasteiger partial charge in [-0.05, 0) is 42.6 Å². The number of rotatable bonds is 13. The van der Waals surface area contributed by atoms with Crippen molar-refractivity contribution in [1.29, 1.82) is 0 Å². The molecular weight excluding hydrogens is 388 g/mol. The van der Waals surface area contributed by atoms with E-state index in [0.29, 0.717) is 4.90 Å². The van der Waals surface area contributed by atoms with Crippen LogP contribution in [0.25, 0.3) is 0 Å². The van der Waals surface area contributed by atoms with Crippen LogP contribution >= 0.6 is 0 Å². The Labute approximate surface area is 173 Å². The van der Waals surface area contributed by atoms with Crippen LogP contribution in [-0.2, 0) is 14.3 Å². The first-order valence-corrected chi connectivity index (χ1v) is 14.6. The van der Waals surface area contributed by atoms with Crippen LogP contribution in [0.2, 0.25) is 18.1 Å². The average Bonchev–Trinajstić information content (AvgIpc) is 2.73. The Morgan fingerprint density at radius 3 is 2.11 bits per heavy atom. The van der Waals surface area contributed by atoms with Crippen molar-refractivity contribution in [3.05, 3.63) is 43.0 Å². The predicted octanol–water partition coefficient (Wildman–Crippen LogP) is 5.06. The van der Waals surface area contributed by atoms with Crippen molar-refractivity contribution < 1.29 is 18.0 Å². The molecule has 1 N–H and O–H groups in total. The van der Waals surface area contributed by atoms with Crippen molar-refractivity contribution in [3.63, 3.8) is 0 Å². The first kappa shape index (κ1) is 25.1. The molecule has 4 atom stereocenters. The van der Waals surface area contributed by atoms with Gasteiger partial charge in [0.25, 0.3) is 0 Å². The minimum Gasteiger partial charge on any atom is -0.413 e. The molecule has 0 spiro atoms. The van der Waals surface area contributed by atoms with E-state index in [4.69, 9.17) is 4.43 Å². The molecule has 0 fully saturated rings. The molecule has 1 aromatic carbocycles. The van der Waals surface area contributed by atoms with Crippen LogP contribution in [0, 0.1) is 11.8 Å². The summed E-state index contributed by atoms with van der Waals surface area (Å²) in [5.41, 5.74) is 0. The smallest absolute Gasteiger partial charge is 0.192 e. The molecule has 0 saturated heterocycles. The highest BCUT2D eigenvalue weighted by Crippen LogP contribution is 2.31. The van der Waals surface area contributed by atoms with Crippen LogP contribution in [0.5, 0.6) is 0 Å². The molecule has 1 aromatic rings. The molecule has 0 amide bonds. The SMILES string of the molecule is C=CC(C)[C@H](O[Si](CC)(CC)CC)C(C)C(O)CCS(=O)(=O)c1ccccc1. The van der Waals surface area contributed by atoms with Crippen molar-refractivity contribution in [2.45, 2.75) is 76.3 Å². The van der Waals surface area contributed by atoms with Gasteiger partial charge in [-0.1, -0.05) is 58.9 Å². The number of aliphatic hydroxyl groups excluding tert-OH is 1. The van der Waals surface area contributed by atoms with Crippen molar-refractivity contribution in [2.24, 2.45) is 11.8 Å². The molecule has 0 bridgehead atoms. The molecule has 3 unspecified atom stereocenters. The number of hydrogen-bond donors (Lipinski definition) is 1. The zero-order valence-corrected chi connectivity index (χ0v) is 19.9. The van der Waals surface area contributed by atoms with E-state index in [1.165, 1.54) is 0 Å². The third-order valence-corrected chi connectivity index (χ3v) is 12.5. The summed E-state index contributed by atoms with van der Waals surface area (Å²) < 4.78 is 31.8. The van der Waals surface area contributed by atoms with E-state index in [1.807, 2.05) is 13.0 Å². The summed E-state index contributed by atoms with van der Waals surface area (Å²) in [5.74, 6) is -0.155. The topological polar surface area (TPSA) is 63.6 Å². The Kier molecular flexibility index (Phi) is 10.1. The van der Waals surface area contributed by atoms with E-state index in [1.54, 1.807) is 30.3 Å². The van der Waals surface area contributed by atoms with Gasteiger partial charge in [-0.25, -0.2) is 8.42 Å². The lowest BCUT2D eigenvalue weighted by Gasteiger charge is -2.39. The van der Waals surface area contributed by atoms with Gasteiger partial charge >= 0.3 is 0 Å². The molecule has 6 heteroatoms. The highest BCUT2D eigenvalue weighted by Gasteiger charge is 2.37. The van der Waals surface area contributed by atoms with Gasteiger partial charge in [-0.15, -0.1) is 6.58 Å². The first-order chi connectivity index (χ1) is 13.2. The second-order valence-electron chi connectivity index (χ2n) is 7.77. The van der Waals surface area contributed by atoms with Crippen molar-refractivity contribution in [1.82, 2.24) is 0 Å². The molecular formula is C22H38O4SSi. The monoisotopic (exact) mass is 426 g/mol. The Morgan fingerprint density at radius 2 is 1.64 bits per heavy atom. The summed E-state index contributed by atoms with van der Waals surface area (Å²) in [6.45, 7) is 14.5. The van der Waals surface area contributed by atoms with Crippen LogP contribution in [0.4, 0.5) is 0 Å². The van der Waals surface area contributed by atoms with E-state index in [2.05, 4.69) is 34.3 Å². The van der Waals surface area contributed by atoms with Gasteiger partial charge in [0.2, 0.25) is 0 Å². The highest BCUT2D eigenvalue weighted by molar-refractivity contribution is 7.91. The van der Waals surface area contributed by atoms with Crippen LogP contribution in [0.3, 0.4) is 0 Å². The number of hydrogen-bond acceptors (Lipinski definition) is 4. The molecule has 0 radical (unpaired) electrons. The van der Waals surface area contributed by atoms with Crippen molar-refractivity contribution in [2.75, 3.05) is 5.75 Å². The molecule has 160 valence electrons. The lowest BCUT2D eigenvalue weighted by Crippen LogP contribution is -2.46. The molecule has 0 aliphatic carbocycles. The largest absolute Gasteiger partial charge is 0.413 e. The number of sulfone groups is 1. The fraction of sp³-hybridized carbons (Fsp3) is 0.636. The summed E-state index contributed by atoms with van der Waals surface area (Å²) in [6, 6.07) is 11.5. The maximum absolute atomic E-state index is 12.5. The average molecular weight is 427 g/mol. The van der Waals surface area contributed by atoms with Gasteiger partial charge < -0.3 is 9.53 Å². The van der Waals surface area contributed by atoms with Gasteiger partial charge in [-0.2, -0.15) is 0 Å². The number of benzene rings is 1. The minimum atomic E-state index is -3.40. The van der Waals surface area contributed by atoms with Crippen LogP contribution < -0.4 is 0 Å². The molecule has 1 rings (SSSR count). The summed E-state index contributed by atoms with van der Waals surface area (Å²) in [6.07, 6.45) is 1.16. The van der Waals surface area contributed by atoms with E-state index >= 15 is 0 Å². The summed E-state index contributed by atoms with van der Waals surface area (Å²) in [4.78, 5) is 0.302. The quantitative estimate of drug-likeness (QED) is 0.354. The van der Waals surface area contributed by atoms with Gasteiger partial charge in [0.15, 0.2) is 18.2 Å². The fourth-order valence-corrected chi connectivity index (χ4v) is 7.99. The fourth-order valence-electron chi connectivity index (χ4n) is 3.62. The standard InChI is InChI=1S/C22H38O4SSi/c1-7-18(5)22(26-28(8-2,9-3)10-4)19(6)21(23)16-17-27(24,25)20-14-12-11-13-15-20/h7,11-15,18-19,21-23H,1,8-10,16-17H2,2-6H3/t18?,19?,21?,22-/m0/s1. The van der Waals surface area contributed by atoms with Gasteiger partial charge in [0.1, 0.15) is 0 Å². The van der Waals surface area contributed by atoms with Gasteiger partial charge in [-0.3, -0.25) is 0 Å². The second kappa shape index (κ2) is 11.3. The molecule has 0 heterocycles. The third kappa shape index (κ3) is 6.54. The third-order valence-electron chi connectivity index (χ3n) is 6.12. The highest BCUT2D eigenvalue weighted by atomic mass is 32.2. The van der Waals surface area contributed by atoms with E-state index in [0.717, 1.165) is 18.1 Å². The molecule has 0 saturated carbocycles. The molecule has 0 aliphatic rings. The maximum atomic E-state index is 12.5. The molecule has 0 aromatic heterocycles. The molecule has 28 heavy (non-hydrogen) atoms. The Balaban J connectivity index is 2.90. The summed E-state index contributed by atoms with van der Waals surface area (Å²) in [5, 5.41) is 10.8. The van der Waals surface area contributed by atoms with Crippen molar-refractivity contribution in [3.8, 4) is 0 Å². The van der Waals surface area contributed by atoms with Crippen molar-refractivity contribution >= 4 is 18.2 Å². The van der Waals surface area contributed by atoms with Gasteiger partial charge in [0.05, 0.1) is 22.9 Å². The minimum absolute atomic E-state index is 0.0738. The second-order valence-corrected chi connectivity index (χ2v) is 14.6. The Bertz CT molecular complexity index is 677.